The molecule has 37 heavy (non-hydrogen) atoms. The Kier molecular flexibility index (Phi) is 7.73. The highest BCUT2D eigenvalue weighted by molar-refractivity contribution is 6.07. The molecule has 1 amide bonds. The molecule has 5 rings (SSSR count). The lowest BCUT2D eigenvalue weighted by Gasteiger charge is -2.31. The topological polar surface area (TPSA) is 50.8 Å². The van der Waals surface area contributed by atoms with Crippen molar-refractivity contribution >= 4 is 17.7 Å². The predicted octanol–water partition coefficient (Wildman–Crippen LogP) is 6.47. The second kappa shape index (κ2) is 11.3. The second-order valence-corrected chi connectivity index (χ2v) is 10.3. The Hall–Kier alpha value is -3.41. The van der Waals surface area contributed by atoms with E-state index in [4.69, 9.17) is 9.47 Å². The first-order chi connectivity index (χ1) is 17.9. The average Bonchev–Trinajstić information content (AvgIpc) is 3.08. The molecule has 5 nitrogen and oxygen atoms in total. The van der Waals surface area contributed by atoms with Crippen molar-refractivity contribution in [2.75, 3.05) is 25.6 Å². The summed E-state index contributed by atoms with van der Waals surface area (Å²) in [6, 6.07) is 23.4. The van der Waals surface area contributed by atoms with Crippen LogP contribution in [0.2, 0.25) is 0 Å². The van der Waals surface area contributed by atoms with E-state index in [-0.39, 0.29) is 12.0 Å². The summed E-state index contributed by atoms with van der Waals surface area (Å²) < 4.78 is 11.6. The highest BCUT2D eigenvalue weighted by atomic mass is 16.5. The SMILES string of the molecule is Cc1ccc(-c2ccc3c(c2)C=C(C(=O)Nc2ccc(CN(C)C4CCOCC4)cc2)CC(C)O3)cc1. The van der Waals surface area contributed by atoms with Crippen LogP contribution in [0.3, 0.4) is 0 Å². The molecule has 1 unspecified atom stereocenters. The molecule has 0 saturated carbocycles. The first-order valence-corrected chi connectivity index (χ1v) is 13.2. The van der Waals surface area contributed by atoms with Gasteiger partial charge in [-0.2, -0.15) is 0 Å². The third kappa shape index (κ3) is 6.30. The number of amides is 1. The van der Waals surface area contributed by atoms with Crippen LogP contribution in [0.1, 0.15) is 42.9 Å². The number of anilines is 1. The molecular formula is C32H36N2O3. The average molecular weight is 497 g/mol. The number of fused-ring (bicyclic) bond motifs is 1. The molecule has 2 aliphatic heterocycles. The minimum absolute atomic E-state index is 0.0869. The van der Waals surface area contributed by atoms with Gasteiger partial charge in [0.05, 0.1) is 0 Å². The number of carbonyl (C=O) groups excluding carboxylic acids is 1. The molecule has 1 N–H and O–H groups in total. The van der Waals surface area contributed by atoms with Crippen molar-refractivity contribution in [1.29, 1.82) is 0 Å². The highest BCUT2D eigenvalue weighted by Crippen LogP contribution is 2.33. The fourth-order valence-electron chi connectivity index (χ4n) is 5.11. The molecule has 0 spiro atoms. The van der Waals surface area contributed by atoms with Gasteiger partial charge in [0.1, 0.15) is 11.9 Å². The molecule has 3 aromatic rings. The molecule has 1 fully saturated rings. The van der Waals surface area contributed by atoms with Crippen molar-refractivity contribution in [2.45, 2.75) is 51.8 Å². The summed E-state index contributed by atoms with van der Waals surface area (Å²) in [4.78, 5) is 15.7. The van der Waals surface area contributed by atoms with Crippen LogP contribution in [0.4, 0.5) is 5.69 Å². The van der Waals surface area contributed by atoms with Crippen molar-refractivity contribution in [3.05, 3.63) is 89.0 Å². The lowest BCUT2D eigenvalue weighted by Crippen LogP contribution is -2.36. The van der Waals surface area contributed by atoms with Gasteiger partial charge in [-0.25, -0.2) is 0 Å². The summed E-state index contributed by atoms with van der Waals surface area (Å²) in [6.07, 6.45) is 4.60. The first kappa shape index (κ1) is 25.2. The maximum atomic E-state index is 13.3. The highest BCUT2D eigenvalue weighted by Gasteiger charge is 2.21. The van der Waals surface area contributed by atoms with Gasteiger partial charge in [0, 0.05) is 49.0 Å². The first-order valence-electron chi connectivity index (χ1n) is 13.2. The zero-order valence-electron chi connectivity index (χ0n) is 22.0. The second-order valence-electron chi connectivity index (χ2n) is 10.3. The third-order valence-electron chi connectivity index (χ3n) is 7.31. The molecule has 0 radical (unpaired) electrons. The number of aryl methyl sites for hydroxylation is 1. The van der Waals surface area contributed by atoms with Gasteiger partial charge in [-0.15, -0.1) is 0 Å². The van der Waals surface area contributed by atoms with Gasteiger partial charge in [-0.05, 0) is 80.8 Å². The maximum absolute atomic E-state index is 13.3. The fraction of sp³-hybridized carbons (Fsp3) is 0.344. The van der Waals surface area contributed by atoms with E-state index < -0.39 is 0 Å². The van der Waals surface area contributed by atoms with E-state index in [2.05, 4.69) is 72.7 Å². The number of nitrogens with one attached hydrogen (secondary N) is 1. The normalized spacial score (nSPS) is 17.9. The number of ether oxygens (including phenoxy) is 2. The predicted molar refractivity (Wildman–Crippen MR) is 150 cm³/mol. The molecule has 192 valence electrons. The van der Waals surface area contributed by atoms with Crippen molar-refractivity contribution in [3.63, 3.8) is 0 Å². The zero-order chi connectivity index (χ0) is 25.8. The molecule has 1 saturated heterocycles. The molecule has 0 bridgehead atoms. The molecular weight excluding hydrogens is 460 g/mol. The van der Waals surface area contributed by atoms with Gasteiger partial charge in [0.15, 0.2) is 0 Å². The standard InChI is InChI=1S/C32H36N2O3/c1-22-4-8-25(9-5-22)26-10-13-31-27(19-26)20-28(18-23(2)37-31)32(35)33-29-11-6-24(7-12-29)21-34(3)30-14-16-36-17-15-30/h4-13,19-20,23,30H,14-18,21H2,1-3H3,(H,33,35). The van der Waals surface area contributed by atoms with Gasteiger partial charge < -0.3 is 14.8 Å². The summed E-state index contributed by atoms with van der Waals surface area (Å²) in [6.45, 7) is 6.67. The van der Waals surface area contributed by atoms with Gasteiger partial charge in [0.25, 0.3) is 5.91 Å². The Morgan fingerprint density at radius 2 is 1.68 bits per heavy atom. The third-order valence-corrected chi connectivity index (χ3v) is 7.31. The van der Waals surface area contributed by atoms with Crippen LogP contribution in [-0.2, 0) is 16.1 Å². The molecule has 2 aliphatic rings. The largest absolute Gasteiger partial charge is 0.490 e. The van der Waals surface area contributed by atoms with E-state index in [9.17, 15) is 4.79 Å². The van der Waals surface area contributed by atoms with Crippen LogP contribution in [-0.4, -0.2) is 43.2 Å². The Balaban J connectivity index is 1.29. The number of nitrogens with zero attached hydrogens (tertiary/aromatic N) is 1. The molecule has 0 aliphatic carbocycles. The summed E-state index contributed by atoms with van der Waals surface area (Å²) in [5.74, 6) is 0.722. The van der Waals surface area contributed by atoms with Gasteiger partial charge in [-0.3, -0.25) is 9.69 Å². The lowest BCUT2D eigenvalue weighted by atomic mass is 9.99. The molecule has 0 aromatic heterocycles. The van der Waals surface area contributed by atoms with Crippen molar-refractivity contribution in [3.8, 4) is 16.9 Å². The number of rotatable bonds is 6. The van der Waals surface area contributed by atoms with Crippen LogP contribution < -0.4 is 10.1 Å². The van der Waals surface area contributed by atoms with E-state index in [0.29, 0.717) is 12.5 Å². The summed E-state index contributed by atoms with van der Waals surface area (Å²) in [5.41, 5.74) is 7.17. The van der Waals surface area contributed by atoms with Gasteiger partial charge in [-0.1, -0.05) is 48.0 Å². The number of hydrogen-bond acceptors (Lipinski definition) is 4. The van der Waals surface area contributed by atoms with Gasteiger partial charge >= 0.3 is 0 Å². The van der Waals surface area contributed by atoms with Crippen LogP contribution in [0.25, 0.3) is 17.2 Å². The Labute approximate surface area is 220 Å². The molecule has 1 atom stereocenters. The van der Waals surface area contributed by atoms with Crippen LogP contribution in [0, 0.1) is 6.92 Å². The van der Waals surface area contributed by atoms with E-state index in [1.54, 1.807) is 0 Å². The number of carbonyl (C=O) groups is 1. The molecule has 2 heterocycles. The van der Waals surface area contributed by atoms with Crippen molar-refractivity contribution < 1.29 is 14.3 Å². The Morgan fingerprint density at radius 3 is 2.41 bits per heavy atom. The minimum atomic E-state index is -0.0911. The number of hydrogen-bond donors (Lipinski definition) is 1. The van der Waals surface area contributed by atoms with E-state index in [1.807, 2.05) is 31.2 Å². The van der Waals surface area contributed by atoms with Crippen molar-refractivity contribution in [2.24, 2.45) is 0 Å². The van der Waals surface area contributed by atoms with Crippen molar-refractivity contribution in [1.82, 2.24) is 4.90 Å². The minimum Gasteiger partial charge on any atom is -0.490 e. The smallest absolute Gasteiger partial charge is 0.251 e. The maximum Gasteiger partial charge on any atom is 0.251 e. The van der Waals surface area contributed by atoms with Gasteiger partial charge in [0.2, 0.25) is 0 Å². The summed E-state index contributed by atoms with van der Waals surface area (Å²) in [7, 11) is 2.18. The Morgan fingerprint density at radius 1 is 0.973 bits per heavy atom. The summed E-state index contributed by atoms with van der Waals surface area (Å²) >= 11 is 0. The van der Waals surface area contributed by atoms with Crippen LogP contribution in [0.5, 0.6) is 5.75 Å². The molecule has 5 heteroatoms. The lowest BCUT2D eigenvalue weighted by molar-refractivity contribution is -0.113. The van der Waals surface area contributed by atoms with Crippen LogP contribution >= 0.6 is 0 Å². The number of benzene rings is 3. The Bertz CT molecular complexity index is 1260. The summed E-state index contributed by atoms with van der Waals surface area (Å²) in [5, 5.41) is 3.09. The fourth-order valence-corrected chi connectivity index (χ4v) is 5.11. The van der Waals surface area contributed by atoms with E-state index in [0.717, 1.165) is 66.3 Å². The molecule has 3 aromatic carbocycles. The quantitative estimate of drug-likeness (QED) is 0.425. The monoisotopic (exact) mass is 496 g/mol. The zero-order valence-corrected chi connectivity index (χ0v) is 22.0. The van der Waals surface area contributed by atoms with E-state index in [1.165, 1.54) is 11.1 Å². The van der Waals surface area contributed by atoms with Crippen LogP contribution in [0.15, 0.2) is 72.3 Å². The van der Waals surface area contributed by atoms with E-state index >= 15 is 0 Å².